The minimum atomic E-state index is -0.261. The van der Waals surface area contributed by atoms with Crippen LogP contribution in [0.3, 0.4) is 0 Å². The summed E-state index contributed by atoms with van der Waals surface area (Å²) in [5, 5.41) is 10.4. The van der Waals surface area contributed by atoms with Gasteiger partial charge in [-0.2, -0.15) is 0 Å². The molecule has 0 radical (unpaired) electrons. The lowest BCUT2D eigenvalue weighted by atomic mass is 9.78. The van der Waals surface area contributed by atoms with Gasteiger partial charge in [-0.05, 0) is 42.2 Å². The minimum Gasteiger partial charge on any atom is -0.388 e. The maximum Gasteiger partial charge on any atom is 0.0818 e. The van der Waals surface area contributed by atoms with Crippen LogP contribution in [0.15, 0.2) is 24.3 Å². The molecule has 1 saturated carbocycles. The van der Waals surface area contributed by atoms with Crippen molar-refractivity contribution in [3.63, 3.8) is 0 Å². The smallest absolute Gasteiger partial charge is 0.0818 e. The van der Waals surface area contributed by atoms with Crippen LogP contribution in [0.5, 0.6) is 0 Å². The monoisotopic (exact) mass is 232 g/mol. The van der Waals surface area contributed by atoms with E-state index in [1.807, 2.05) is 0 Å². The van der Waals surface area contributed by atoms with E-state index >= 15 is 0 Å². The van der Waals surface area contributed by atoms with Gasteiger partial charge in [0.2, 0.25) is 0 Å². The number of aliphatic hydroxyl groups excluding tert-OH is 1. The zero-order valence-electron chi connectivity index (χ0n) is 11.0. The van der Waals surface area contributed by atoms with Gasteiger partial charge >= 0.3 is 0 Å². The standard InChI is InChI=1S/C16H24O/c1-3-13-7-9-14(10-8-13)16(17)15-6-4-5-12(2)11-15/h7-10,12,15-17H,3-6,11H2,1-2H3. The van der Waals surface area contributed by atoms with Crippen molar-refractivity contribution in [2.45, 2.75) is 52.1 Å². The summed E-state index contributed by atoms with van der Waals surface area (Å²) >= 11 is 0. The lowest BCUT2D eigenvalue weighted by molar-refractivity contribution is 0.0714. The average molecular weight is 232 g/mol. The van der Waals surface area contributed by atoms with Crippen LogP contribution in [0.1, 0.15) is 56.8 Å². The molecule has 3 unspecified atom stereocenters. The van der Waals surface area contributed by atoms with Crippen LogP contribution in [0, 0.1) is 11.8 Å². The van der Waals surface area contributed by atoms with E-state index in [2.05, 4.69) is 38.1 Å². The minimum absolute atomic E-state index is 0.261. The van der Waals surface area contributed by atoms with Crippen molar-refractivity contribution in [3.05, 3.63) is 35.4 Å². The number of hydrogen-bond donors (Lipinski definition) is 1. The molecule has 0 aliphatic heterocycles. The zero-order chi connectivity index (χ0) is 12.3. The highest BCUT2D eigenvalue weighted by Gasteiger charge is 2.26. The van der Waals surface area contributed by atoms with Crippen molar-refractivity contribution in [3.8, 4) is 0 Å². The quantitative estimate of drug-likeness (QED) is 0.831. The maximum atomic E-state index is 10.4. The van der Waals surface area contributed by atoms with Gasteiger partial charge in [0.1, 0.15) is 0 Å². The molecule has 0 aromatic heterocycles. The highest BCUT2D eigenvalue weighted by Crippen LogP contribution is 2.36. The van der Waals surface area contributed by atoms with Gasteiger partial charge in [-0.15, -0.1) is 0 Å². The molecule has 1 heteroatoms. The third-order valence-corrected chi connectivity index (χ3v) is 4.15. The Hall–Kier alpha value is -0.820. The van der Waals surface area contributed by atoms with Crippen LogP contribution in [-0.4, -0.2) is 5.11 Å². The van der Waals surface area contributed by atoms with E-state index in [1.165, 1.54) is 31.2 Å². The molecule has 0 spiro atoms. The fraction of sp³-hybridized carbons (Fsp3) is 0.625. The van der Waals surface area contributed by atoms with Crippen LogP contribution in [0.25, 0.3) is 0 Å². The van der Waals surface area contributed by atoms with Crippen molar-refractivity contribution in [2.24, 2.45) is 11.8 Å². The summed E-state index contributed by atoms with van der Waals surface area (Å²) in [4.78, 5) is 0. The van der Waals surface area contributed by atoms with Gasteiger partial charge in [-0.3, -0.25) is 0 Å². The molecule has 1 aromatic rings. The predicted molar refractivity (Wildman–Crippen MR) is 71.9 cm³/mol. The van der Waals surface area contributed by atoms with Crippen LogP contribution < -0.4 is 0 Å². The number of aliphatic hydroxyl groups is 1. The van der Waals surface area contributed by atoms with E-state index in [0.717, 1.165) is 17.9 Å². The SMILES string of the molecule is CCc1ccc(C(O)C2CCCC(C)C2)cc1. The van der Waals surface area contributed by atoms with Crippen LogP contribution in [-0.2, 0) is 6.42 Å². The summed E-state index contributed by atoms with van der Waals surface area (Å²) in [6.07, 6.45) is 5.77. The Bertz CT molecular complexity index is 341. The van der Waals surface area contributed by atoms with E-state index in [-0.39, 0.29) is 6.10 Å². The van der Waals surface area contributed by atoms with Gasteiger partial charge < -0.3 is 5.11 Å². The number of benzene rings is 1. The van der Waals surface area contributed by atoms with Crippen LogP contribution in [0.2, 0.25) is 0 Å². The van der Waals surface area contributed by atoms with Gasteiger partial charge in [-0.1, -0.05) is 51.0 Å². The molecule has 0 saturated heterocycles. The summed E-state index contributed by atoms with van der Waals surface area (Å²) in [6.45, 7) is 4.47. The second-order valence-electron chi connectivity index (χ2n) is 5.57. The van der Waals surface area contributed by atoms with Gasteiger partial charge in [0.15, 0.2) is 0 Å². The van der Waals surface area contributed by atoms with E-state index in [4.69, 9.17) is 0 Å². The van der Waals surface area contributed by atoms with Crippen molar-refractivity contribution in [2.75, 3.05) is 0 Å². The molecular formula is C16H24O. The Morgan fingerprint density at radius 2 is 1.94 bits per heavy atom. The Morgan fingerprint density at radius 1 is 1.24 bits per heavy atom. The summed E-state index contributed by atoms with van der Waals surface area (Å²) in [6, 6.07) is 8.49. The number of rotatable bonds is 3. The molecule has 0 heterocycles. The molecule has 1 fully saturated rings. The summed E-state index contributed by atoms with van der Waals surface area (Å²) < 4.78 is 0. The Kier molecular flexibility index (Phi) is 4.22. The van der Waals surface area contributed by atoms with Gasteiger partial charge in [0.25, 0.3) is 0 Å². The van der Waals surface area contributed by atoms with E-state index in [9.17, 15) is 5.11 Å². The molecular weight excluding hydrogens is 208 g/mol. The lowest BCUT2D eigenvalue weighted by Crippen LogP contribution is -2.20. The molecule has 1 N–H and O–H groups in total. The highest BCUT2D eigenvalue weighted by atomic mass is 16.3. The molecule has 1 aromatic carbocycles. The third kappa shape index (κ3) is 3.10. The van der Waals surface area contributed by atoms with Crippen molar-refractivity contribution >= 4 is 0 Å². The maximum absolute atomic E-state index is 10.4. The van der Waals surface area contributed by atoms with Crippen molar-refractivity contribution in [1.82, 2.24) is 0 Å². The largest absolute Gasteiger partial charge is 0.388 e. The first kappa shape index (κ1) is 12.6. The fourth-order valence-electron chi connectivity index (χ4n) is 2.99. The molecule has 3 atom stereocenters. The molecule has 0 amide bonds. The van der Waals surface area contributed by atoms with Crippen molar-refractivity contribution < 1.29 is 5.11 Å². The fourth-order valence-corrected chi connectivity index (χ4v) is 2.99. The molecule has 1 aliphatic rings. The molecule has 1 nitrogen and oxygen atoms in total. The first-order valence-electron chi connectivity index (χ1n) is 6.97. The van der Waals surface area contributed by atoms with E-state index in [0.29, 0.717) is 5.92 Å². The Balaban J connectivity index is 2.04. The van der Waals surface area contributed by atoms with Crippen LogP contribution >= 0.6 is 0 Å². The second kappa shape index (κ2) is 5.68. The first-order chi connectivity index (χ1) is 8.20. The number of hydrogen-bond acceptors (Lipinski definition) is 1. The topological polar surface area (TPSA) is 20.2 Å². The molecule has 2 rings (SSSR count). The first-order valence-corrected chi connectivity index (χ1v) is 6.97. The van der Waals surface area contributed by atoms with Gasteiger partial charge in [0.05, 0.1) is 6.10 Å². The van der Waals surface area contributed by atoms with E-state index in [1.54, 1.807) is 0 Å². The third-order valence-electron chi connectivity index (χ3n) is 4.15. The Morgan fingerprint density at radius 3 is 2.53 bits per heavy atom. The van der Waals surface area contributed by atoms with Crippen LogP contribution in [0.4, 0.5) is 0 Å². The zero-order valence-corrected chi connectivity index (χ0v) is 11.0. The Labute approximate surface area is 105 Å². The summed E-state index contributed by atoms with van der Waals surface area (Å²) in [5.74, 6) is 1.24. The van der Waals surface area contributed by atoms with Gasteiger partial charge in [0, 0.05) is 0 Å². The normalized spacial score (nSPS) is 26.8. The molecule has 0 bridgehead atoms. The lowest BCUT2D eigenvalue weighted by Gasteiger charge is -2.30. The predicted octanol–water partition coefficient (Wildman–Crippen LogP) is 4.11. The number of aryl methyl sites for hydroxylation is 1. The summed E-state index contributed by atoms with van der Waals surface area (Å²) in [7, 11) is 0. The summed E-state index contributed by atoms with van der Waals surface area (Å²) in [5.41, 5.74) is 2.44. The molecule has 94 valence electrons. The van der Waals surface area contributed by atoms with Gasteiger partial charge in [-0.25, -0.2) is 0 Å². The molecule has 1 aliphatic carbocycles. The van der Waals surface area contributed by atoms with E-state index < -0.39 is 0 Å². The highest BCUT2D eigenvalue weighted by molar-refractivity contribution is 5.24. The van der Waals surface area contributed by atoms with Crippen molar-refractivity contribution in [1.29, 1.82) is 0 Å². The molecule has 17 heavy (non-hydrogen) atoms. The second-order valence-corrected chi connectivity index (χ2v) is 5.57. The average Bonchev–Trinajstić information content (AvgIpc) is 2.38.